The Kier molecular flexibility index (Phi) is 3.39. The average Bonchev–Trinajstić information content (AvgIpc) is 2.90. The van der Waals surface area contributed by atoms with E-state index in [1.807, 2.05) is 0 Å². The molecule has 0 radical (unpaired) electrons. The average molecular weight is 311 g/mol. The van der Waals surface area contributed by atoms with Gasteiger partial charge in [0.2, 0.25) is 0 Å². The first-order valence-corrected chi connectivity index (χ1v) is 6.21. The van der Waals surface area contributed by atoms with E-state index in [-0.39, 0.29) is 17.3 Å². The lowest BCUT2D eigenvalue weighted by molar-refractivity contribution is -0.146. The summed E-state index contributed by atoms with van der Waals surface area (Å²) >= 11 is 0. The maximum Gasteiger partial charge on any atom is 0.453 e. The lowest BCUT2D eigenvalue weighted by Gasteiger charge is -2.07. The molecule has 0 bridgehead atoms. The molecule has 0 atom stereocenters. The normalized spacial score (nSPS) is 11.8. The number of benzene rings is 1. The van der Waals surface area contributed by atoms with Crippen LogP contribution in [0.4, 0.5) is 23.4 Å². The number of nitrogens with one attached hydrogen (secondary N) is 1. The van der Waals surface area contributed by atoms with Crippen LogP contribution >= 0.6 is 0 Å². The summed E-state index contributed by atoms with van der Waals surface area (Å²) in [5.41, 5.74) is 0.766. The van der Waals surface area contributed by atoms with E-state index in [1.54, 1.807) is 12.1 Å². The fraction of sp³-hybridized carbons (Fsp3) is 0.154. The second-order valence-electron chi connectivity index (χ2n) is 4.49. The molecule has 0 aliphatic rings. The van der Waals surface area contributed by atoms with Crippen molar-refractivity contribution in [2.24, 2.45) is 0 Å². The summed E-state index contributed by atoms with van der Waals surface area (Å²) in [5.74, 6) is -1.32. The molecular formula is C13H9F4N5. The van der Waals surface area contributed by atoms with Crippen LogP contribution in [0.25, 0.3) is 5.65 Å². The summed E-state index contributed by atoms with van der Waals surface area (Å²) in [4.78, 5) is 0. The molecule has 2 heterocycles. The highest BCUT2D eigenvalue weighted by molar-refractivity contribution is 5.44. The quantitative estimate of drug-likeness (QED) is 0.756. The van der Waals surface area contributed by atoms with E-state index in [4.69, 9.17) is 0 Å². The highest BCUT2D eigenvalue weighted by Gasteiger charge is 2.37. The van der Waals surface area contributed by atoms with Crippen LogP contribution in [-0.4, -0.2) is 19.8 Å². The zero-order valence-electron chi connectivity index (χ0n) is 11.0. The fourth-order valence-corrected chi connectivity index (χ4v) is 1.85. The molecule has 0 saturated carbocycles. The van der Waals surface area contributed by atoms with Crippen molar-refractivity contribution in [1.82, 2.24) is 19.8 Å². The Bertz CT molecular complexity index is 794. The minimum atomic E-state index is -4.64. The zero-order chi connectivity index (χ0) is 15.7. The minimum absolute atomic E-state index is 0.000317. The van der Waals surface area contributed by atoms with Gasteiger partial charge in [0.15, 0.2) is 5.65 Å². The molecule has 0 aliphatic carbocycles. The first-order chi connectivity index (χ1) is 10.4. The van der Waals surface area contributed by atoms with Crippen molar-refractivity contribution in [3.63, 3.8) is 0 Å². The van der Waals surface area contributed by atoms with Crippen molar-refractivity contribution >= 4 is 11.5 Å². The second-order valence-corrected chi connectivity index (χ2v) is 4.49. The Hall–Kier alpha value is -2.71. The number of hydrogen-bond acceptors (Lipinski definition) is 4. The molecule has 0 aliphatic heterocycles. The minimum Gasteiger partial charge on any atom is -0.365 e. The third-order valence-corrected chi connectivity index (χ3v) is 2.90. The molecule has 0 amide bonds. The lowest BCUT2D eigenvalue weighted by atomic mass is 10.2. The van der Waals surface area contributed by atoms with E-state index in [1.165, 1.54) is 24.3 Å². The standard InChI is InChI=1S/C13H9F4N5/c14-9-3-1-8(2-4-9)7-18-10-5-6-11-19-20-12(13(15,16)17)22(11)21-10/h1-6H,7H2,(H,18,21). The summed E-state index contributed by atoms with van der Waals surface area (Å²) in [6, 6.07) is 8.61. The van der Waals surface area contributed by atoms with Crippen LogP contribution in [0.5, 0.6) is 0 Å². The van der Waals surface area contributed by atoms with Gasteiger partial charge in [0.25, 0.3) is 5.82 Å². The highest BCUT2D eigenvalue weighted by atomic mass is 19.4. The number of nitrogens with zero attached hydrogens (tertiary/aromatic N) is 4. The van der Waals surface area contributed by atoms with Crippen LogP contribution in [0.1, 0.15) is 11.4 Å². The summed E-state index contributed by atoms with van der Waals surface area (Å²) in [6.45, 7) is 0.294. The number of hydrogen-bond donors (Lipinski definition) is 1. The van der Waals surface area contributed by atoms with Crippen molar-refractivity contribution in [2.75, 3.05) is 5.32 Å². The molecular weight excluding hydrogens is 302 g/mol. The van der Waals surface area contributed by atoms with Gasteiger partial charge in [-0.1, -0.05) is 12.1 Å². The van der Waals surface area contributed by atoms with Gasteiger partial charge in [-0.2, -0.15) is 17.7 Å². The monoisotopic (exact) mass is 311 g/mol. The number of rotatable bonds is 3. The van der Waals surface area contributed by atoms with Gasteiger partial charge in [0, 0.05) is 6.54 Å². The third-order valence-electron chi connectivity index (χ3n) is 2.90. The van der Waals surface area contributed by atoms with Crippen LogP contribution in [0.2, 0.25) is 0 Å². The molecule has 5 nitrogen and oxygen atoms in total. The van der Waals surface area contributed by atoms with Gasteiger partial charge in [-0.3, -0.25) is 0 Å². The maximum atomic E-state index is 12.8. The SMILES string of the molecule is Fc1ccc(CNc2ccc3nnc(C(F)(F)F)n3n2)cc1. The van der Waals surface area contributed by atoms with Gasteiger partial charge in [-0.25, -0.2) is 4.39 Å². The maximum absolute atomic E-state index is 12.8. The van der Waals surface area contributed by atoms with Crippen molar-refractivity contribution in [3.8, 4) is 0 Å². The van der Waals surface area contributed by atoms with Crippen LogP contribution in [0.3, 0.4) is 0 Å². The van der Waals surface area contributed by atoms with E-state index >= 15 is 0 Å². The van der Waals surface area contributed by atoms with Gasteiger partial charge in [-0.15, -0.1) is 15.3 Å². The molecule has 0 spiro atoms. The van der Waals surface area contributed by atoms with E-state index in [9.17, 15) is 17.6 Å². The number of halogens is 4. The first kappa shape index (κ1) is 14.2. The van der Waals surface area contributed by atoms with E-state index in [2.05, 4.69) is 20.6 Å². The molecule has 114 valence electrons. The van der Waals surface area contributed by atoms with Crippen LogP contribution < -0.4 is 5.32 Å². The molecule has 2 aromatic heterocycles. The van der Waals surface area contributed by atoms with Crippen LogP contribution in [-0.2, 0) is 12.7 Å². The Morgan fingerprint density at radius 1 is 1.00 bits per heavy atom. The molecule has 0 fully saturated rings. The van der Waals surface area contributed by atoms with E-state index in [0.717, 1.165) is 5.56 Å². The number of aromatic nitrogens is 4. The van der Waals surface area contributed by atoms with Gasteiger partial charge in [0.1, 0.15) is 11.6 Å². The van der Waals surface area contributed by atoms with Crippen molar-refractivity contribution in [2.45, 2.75) is 12.7 Å². The van der Waals surface area contributed by atoms with Crippen molar-refractivity contribution in [1.29, 1.82) is 0 Å². The molecule has 9 heteroatoms. The first-order valence-electron chi connectivity index (χ1n) is 6.21. The largest absolute Gasteiger partial charge is 0.453 e. The van der Waals surface area contributed by atoms with Gasteiger partial charge >= 0.3 is 6.18 Å². The van der Waals surface area contributed by atoms with Crippen molar-refractivity contribution < 1.29 is 17.6 Å². The smallest absolute Gasteiger partial charge is 0.365 e. The Balaban J connectivity index is 1.83. The summed E-state index contributed by atoms with van der Waals surface area (Å²) in [5, 5.41) is 13.2. The van der Waals surface area contributed by atoms with E-state index in [0.29, 0.717) is 11.1 Å². The fourth-order valence-electron chi connectivity index (χ4n) is 1.85. The number of fused-ring (bicyclic) bond motifs is 1. The lowest BCUT2D eigenvalue weighted by Crippen LogP contribution is -2.13. The molecule has 22 heavy (non-hydrogen) atoms. The predicted molar refractivity (Wildman–Crippen MR) is 69.5 cm³/mol. The molecule has 1 aromatic carbocycles. The molecule has 0 unspecified atom stereocenters. The predicted octanol–water partition coefficient (Wildman–Crippen LogP) is 2.89. The number of alkyl halides is 3. The molecule has 3 rings (SSSR count). The number of anilines is 1. The molecule has 1 N–H and O–H groups in total. The summed E-state index contributed by atoms with van der Waals surface area (Å²) in [6.07, 6.45) is -4.64. The third kappa shape index (κ3) is 2.83. The van der Waals surface area contributed by atoms with Gasteiger partial charge in [0.05, 0.1) is 0 Å². The topological polar surface area (TPSA) is 55.1 Å². The van der Waals surface area contributed by atoms with Crippen LogP contribution in [0, 0.1) is 5.82 Å². The van der Waals surface area contributed by atoms with Gasteiger partial charge in [-0.05, 0) is 29.8 Å². The highest BCUT2D eigenvalue weighted by Crippen LogP contribution is 2.27. The van der Waals surface area contributed by atoms with Crippen molar-refractivity contribution in [3.05, 3.63) is 53.6 Å². The summed E-state index contributed by atoms with van der Waals surface area (Å²) < 4.78 is 51.7. The summed E-state index contributed by atoms with van der Waals surface area (Å²) in [7, 11) is 0. The molecule has 3 aromatic rings. The zero-order valence-corrected chi connectivity index (χ0v) is 11.0. The Morgan fingerprint density at radius 3 is 2.41 bits per heavy atom. The second kappa shape index (κ2) is 5.24. The van der Waals surface area contributed by atoms with E-state index < -0.39 is 12.0 Å². The Labute approximate surface area is 121 Å². The van der Waals surface area contributed by atoms with Gasteiger partial charge < -0.3 is 5.32 Å². The Morgan fingerprint density at radius 2 is 1.73 bits per heavy atom. The molecule has 0 saturated heterocycles. The van der Waals surface area contributed by atoms with Crippen LogP contribution in [0.15, 0.2) is 36.4 Å².